The van der Waals surface area contributed by atoms with Crippen LogP contribution in [-0.4, -0.2) is 10.6 Å². The maximum Gasteiger partial charge on any atom is 0.253 e. The number of hydrogen-bond acceptors (Lipinski definition) is 3. The Morgan fingerprint density at radius 3 is 2.00 bits per heavy atom. The Hall–Kier alpha value is -1.19. The fourth-order valence-electron chi connectivity index (χ4n) is 0.567. The average molecular weight is 156 g/mol. The van der Waals surface area contributed by atoms with Gasteiger partial charge in [-0.1, -0.05) is 10.5 Å². The van der Waals surface area contributed by atoms with Crippen molar-refractivity contribution < 1.29 is 4.85 Å². The molecule has 0 spiro atoms. The summed E-state index contributed by atoms with van der Waals surface area (Å²) in [4.78, 5) is 9.88. The lowest BCUT2D eigenvalue weighted by atomic mass is 10.1. The quantitative estimate of drug-likeness (QED) is 0.202. The van der Waals surface area contributed by atoms with E-state index in [1.807, 2.05) is 13.8 Å². The van der Waals surface area contributed by atoms with Crippen LogP contribution in [0, 0.1) is 10.1 Å². The highest BCUT2D eigenvalue weighted by Crippen LogP contribution is 2.03. The molecule has 0 heterocycles. The minimum Gasteiger partial charge on any atom is -0.592 e. The first-order valence-electron chi connectivity index (χ1n) is 3.29. The Morgan fingerprint density at radius 1 is 1.27 bits per heavy atom. The van der Waals surface area contributed by atoms with Crippen molar-refractivity contribution in [2.24, 2.45) is 5.29 Å². The van der Waals surface area contributed by atoms with Gasteiger partial charge >= 0.3 is 0 Å². The summed E-state index contributed by atoms with van der Waals surface area (Å²) in [6.45, 7) is 7.09. The van der Waals surface area contributed by atoms with Gasteiger partial charge < -0.3 is 5.21 Å². The van der Waals surface area contributed by atoms with Crippen molar-refractivity contribution in [1.82, 2.24) is 0 Å². The van der Waals surface area contributed by atoms with Crippen molar-refractivity contribution in [3.8, 4) is 0 Å². The third kappa shape index (κ3) is 2.49. The standard InChI is InChI=1S/C7H12N2O2/c1-5(2)6(3)7(4)9(11)8-10/h1-4H3/b9-7-. The van der Waals surface area contributed by atoms with E-state index >= 15 is 0 Å². The van der Waals surface area contributed by atoms with E-state index in [9.17, 15) is 10.1 Å². The van der Waals surface area contributed by atoms with E-state index in [4.69, 9.17) is 0 Å². The third-order valence-corrected chi connectivity index (χ3v) is 1.65. The summed E-state index contributed by atoms with van der Waals surface area (Å²) in [7, 11) is 0. The molecule has 4 nitrogen and oxygen atoms in total. The van der Waals surface area contributed by atoms with Crippen LogP contribution in [0.5, 0.6) is 0 Å². The van der Waals surface area contributed by atoms with Crippen molar-refractivity contribution in [2.45, 2.75) is 27.7 Å². The third-order valence-electron chi connectivity index (χ3n) is 1.65. The second-order valence-electron chi connectivity index (χ2n) is 2.56. The number of hydrogen-bond donors (Lipinski definition) is 0. The van der Waals surface area contributed by atoms with Gasteiger partial charge in [0, 0.05) is 12.5 Å². The highest BCUT2D eigenvalue weighted by atomic mass is 16.6. The molecule has 0 fully saturated rings. The van der Waals surface area contributed by atoms with Crippen LogP contribution in [0.2, 0.25) is 0 Å². The molecule has 0 atom stereocenters. The number of allylic oxidation sites excluding steroid dienone is 2. The second kappa shape index (κ2) is 3.85. The van der Waals surface area contributed by atoms with Crippen molar-refractivity contribution in [3.05, 3.63) is 21.3 Å². The van der Waals surface area contributed by atoms with Crippen molar-refractivity contribution in [2.75, 3.05) is 0 Å². The van der Waals surface area contributed by atoms with Crippen LogP contribution in [0.4, 0.5) is 0 Å². The monoisotopic (exact) mass is 156 g/mol. The van der Waals surface area contributed by atoms with E-state index in [0.717, 1.165) is 11.1 Å². The van der Waals surface area contributed by atoms with Gasteiger partial charge in [-0.2, -0.15) is 0 Å². The molecule has 0 radical (unpaired) electrons. The Bertz CT molecular complexity index is 225. The summed E-state index contributed by atoms with van der Waals surface area (Å²) >= 11 is 0. The predicted octanol–water partition coefficient (Wildman–Crippen LogP) is 2.00. The van der Waals surface area contributed by atoms with Crippen molar-refractivity contribution in [1.29, 1.82) is 0 Å². The Kier molecular flexibility index (Phi) is 3.44. The van der Waals surface area contributed by atoms with Crippen molar-refractivity contribution in [3.63, 3.8) is 0 Å². The first-order chi connectivity index (χ1) is 5.00. The van der Waals surface area contributed by atoms with Crippen LogP contribution in [0.15, 0.2) is 16.4 Å². The zero-order valence-corrected chi connectivity index (χ0v) is 7.21. The number of nitrogens with zero attached hydrogens (tertiary/aromatic N) is 2. The molecule has 0 aromatic heterocycles. The molecule has 0 aliphatic rings. The van der Waals surface area contributed by atoms with Gasteiger partial charge in [0.15, 0.2) is 0 Å². The maximum atomic E-state index is 10.6. The molecule has 0 rings (SSSR count). The Balaban J connectivity index is 4.90. The molecule has 0 aliphatic heterocycles. The molecule has 0 amide bonds. The van der Waals surface area contributed by atoms with Gasteiger partial charge in [0.05, 0.1) is 0 Å². The van der Waals surface area contributed by atoms with E-state index in [1.54, 1.807) is 13.8 Å². The van der Waals surface area contributed by atoms with Gasteiger partial charge in [-0.3, -0.25) is 0 Å². The Morgan fingerprint density at radius 2 is 1.73 bits per heavy atom. The van der Waals surface area contributed by atoms with Gasteiger partial charge in [-0.05, 0) is 25.6 Å². The molecule has 0 saturated heterocycles. The van der Waals surface area contributed by atoms with Crippen LogP contribution in [0.25, 0.3) is 0 Å². The fourth-order valence-corrected chi connectivity index (χ4v) is 0.567. The molecule has 0 aromatic carbocycles. The summed E-state index contributed by atoms with van der Waals surface area (Å²) in [5.41, 5.74) is 2.16. The zero-order valence-electron chi connectivity index (χ0n) is 7.21. The van der Waals surface area contributed by atoms with E-state index < -0.39 is 0 Å². The van der Waals surface area contributed by atoms with Crippen LogP contribution < -0.4 is 0 Å². The molecular formula is C7H12N2O2. The second-order valence-corrected chi connectivity index (χ2v) is 2.56. The Labute approximate surface area is 65.8 Å². The van der Waals surface area contributed by atoms with Gasteiger partial charge in [0.2, 0.25) is 5.71 Å². The average Bonchev–Trinajstić information content (AvgIpc) is 2.00. The lowest BCUT2D eigenvalue weighted by Crippen LogP contribution is -2.08. The molecule has 0 N–H and O–H groups in total. The van der Waals surface area contributed by atoms with Gasteiger partial charge in [-0.25, -0.2) is 0 Å². The molecule has 0 aliphatic carbocycles. The largest absolute Gasteiger partial charge is 0.592 e. The van der Waals surface area contributed by atoms with Crippen molar-refractivity contribution >= 4 is 5.71 Å². The van der Waals surface area contributed by atoms with Gasteiger partial charge in [0.25, 0.3) is 5.29 Å². The molecule has 11 heavy (non-hydrogen) atoms. The highest BCUT2D eigenvalue weighted by molar-refractivity contribution is 5.94. The molecule has 0 unspecified atom stereocenters. The van der Waals surface area contributed by atoms with E-state index in [-0.39, 0.29) is 4.85 Å². The number of nitroso groups, excluding NO2 is 1. The lowest BCUT2D eigenvalue weighted by molar-refractivity contribution is -0.465. The molecule has 0 bridgehead atoms. The minimum atomic E-state index is 0.0856. The first kappa shape index (κ1) is 9.81. The van der Waals surface area contributed by atoms with E-state index in [0.29, 0.717) is 5.71 Å². The highest BCUT2D eigenvalue weighted by Gasteiger charge is 2.07. The first-order valence-corrected chi connectivity index (χ1v) is 3.29. The smallest absolute Gasteiger partial charge is 0.253 e. The normalized spacial score (nSPS) is 12.0. The predicted molar refractivity (Wildman–Crippen MR) is 44.2 cm³/mol. The van der Waals surface area contributed by atoms with Crippen LogP contribution in [0.1, 0.15) is 27.7 Å². The molecule has 4 heteroatoms. The van der Waals surface area contributed by atoms with Crippen LogP contribution in [0.3, 0.4) is 0 Å². The SMILES string of the molecule is CC(C)=C(C)/C(C)=[N+](\[O-])N=O. The summed E-state index contributed by atoms with van der Waals surface area (Å²) in [5, 5.41) is 12.9. The summed E-state index contributed by atoms with van der Waals surface area (Å²) in [6, 6.07) is 0. The van der Waals surface area contributed by atoms with Gasteiger partial charge in [-0.15, -0.1) is 0 Å². The molecule has 62 valence electrons. The lowest BCUT2D eigenvalue weighted by Gasteiger charge is -1.99. The summed E-state index contributed by atoms with van der Waals surface area (Å²) < 4.78 is 0. The maximum absolute atomic E-state index is 10.6. The summed E-state index contributed by atoms with van der Waals surface area (Å²) in [6.07, 6.45) is 0. The van der Waals surface area contributed by atoms with Gasteiger partial charge in [0.1, 0.15) is 0 Å². The van der Waals surface area contributed by atoms with Crippen LogP contribution in [-0.2, 0) is 0 Å². The van der Waals surface area contributed by atoms with E-state index in [1.165, 1.54) is 0 Å². The topological polar surface area (TPSA) is 55.5 Å². The summed E-state index contributed by atoms with van der Waals surface area (Å²) in [5.74, 6) is 0. The molecule has 0 saturated carbocycles. The van der Waals surface area contributed by atoms with E-state index in [2.05, 4.69) is 5.29 Å². The number of rotatable bonds is 2. The molecular weight excluding hydrogens is 144 g/mol. The molecule has 0 aromatic rings. The fraction of sp³-hybridized carbons (Fsp3) is 0.571. The zero-order chi connectivity index (χ0) is 9.02. The van der Waals surface area contributed by atoms with Crippen LogP contribution >= 0.6 is 0 Å². The minimum absolute atomic E-state index is 0.0856.